The van der Waals surface area contributed by atoms with Gasteiger partial charge >= 0.3 is 0 Å². The van der Waals surface area contributed by atoms with Crippen LogP contribution in [0.25, 0.3) is 0 Å². The molecule has 0 aromatic heterocycles. The van der Waals surface area contributed by atoms with Gasteiger partial charge in [0.15, 0.2) is 0 Å². The lowest BCUT2D eigenvalue weighted by molar-refractivity contribution is -0.109. The lowest BCUT2D eigenvalue weighted by Crippen LogP contribution is -2.18. The molecule has 0 aliphatic carbocycles. The van der Waals surface area contributed by atoms with Crippen LogP contribution in [0.15, 0.2) is 36.0 Å². The zero-order valence-electron chi connectivity index (χ0n) is 9.94. The molecule has 0 aliphatic rings. The Morgan fingerprint density at radius 2 is 2.06 bits per heavy atom. The molecule has 0 radical (unpaired) electrons. The van der Waals surface area contributed by atoms with Crippen molar-refractivity contribution < 1.29 is 9.90 Å². The predicted molar refractivity (Wildman–Crippen MR) is 68.4 cm³/mol. The van der Waals surface area contributed by atoms with Crippen LogP contribution in [-0.2, 0) is 11.4 Å². The Kier molecular flexibility index (Phi) is 5.82. The first-order valence-electron chi connectivity index (χ1n) is 5.63. The maximum absolute atomic E-state index is 10.3. The van der Waals surface area contributed by atoms with Gasteiger partial charge in [-0.3, -0.25) is 4.79 Å². The van der Waals surface area contributed by atoms with Crippen molar-refractivity contribution in [3.05, 3.63) is 41.6 Å². The lowest BCUT2D eigenvalue weighted by atomic mass is 10.2. The Morgan fingerprint density at radius 3 is 2.59 bits per heavy atom. The number of carbonyl (C=O) groups excluding carboxylic acids is 1. The summed E-state index contributed by atoms with van der Waals surface area (Å²) in [7, 11) is 0. The number of rotatable bonds is 7. The molecule has 0 heterocycles. The number of hydrogen-bond donors (Lipinski definition) is 3. The summed E-state index contributed by atoms with van der Waals surface area (Å²) in [6, 6.07) is 7.52. The van der Waals surface area contributed by atoms with Crippen molar-refractivity contribution in [2.75, 3.05) is 11.9 Å². The lowest BCUT2D eigenvalue weighted by Gasteiger charge is -2.11. The molecule has 0 unspecified atom stereocenters. The number of amides is 1. The summed E-state index contributed by atoms with van der Waals surface area (Å²) >= 11 is 0. The van der Waals surface area contributed by atoms with E-state index in [-0.39, 0.29) is 6.61 Å². The Morgan fingerprint density at radius 1 is 1.35 bits per heavy atom. The molecular formula is C13H18N2O2. The van der Waals surface area contributed by atoms with E-state index < -0.39 is 0 Å². The minimum atomic E-state index is 0.0463. The van der Waals surface area contributed by atoms with E-state index in [0.29, 0.717) is 13.0 Å². The summed E-state index contributed by atoms with van der Waals surface area (Å²) in [5.41, 5.74) is 2.77. The van der Waals surface area contributed by atoms with Crippen molar-refractivity contribution in [1.29, 1.82) is 0 Å². The van der Waals surface area contributed by atoms with Gasteiger partial charge in [0.25, 0.3) is 0 Å². The number of anilines is 1. The van der Waals surface area contributed by atoms with Crippen LogP contribution >= 0.6 is 0 Å². The molecule has 1 aromatic carbocycles. The van der Waals surface area contributed by atoms with Crippen LogP contribution in [0, 0.1) is 0 Å². The summed E-state index contributed by atoms with van der Waals surface area (Å²) in [6.07, 6.45) is 3.61. The minimum Gasteiger partial charge on any atom is -0.392 e. The number of nitrogens with one attached hydrogen (secondary N) is 2. The first kappa shape index (κ1) is 13.3. The van der Waals surface area contributed by atoms with Crippen molar-refractivity contribution in [2.24, 2.45) is 0 Å². The number of hydrogen-bond acceptors (Lipinski definition) is 3. The summed E-state index contributed by atoms with van der Waals surface area (Å²) in [5.74, 6) is 0. The monoisotopic (exact) mass is 234 g/mol. The second kappa shape index (κ2) is 7.46. The third-order valence-corrected chi connectivity index (χ3v) is 2.27. The molecule has 4 nitrogen and oxygen atoms in total. The predicted octanol–water partition coefficient (Wildman–Crippen LogP) is 1.63. The van der Waals surface area contributed by atoms with Crippen LogP contribution in [0.5, 0.6) is 0 Å². The van der Waals surface area contributed by atoms with Gasteiger partial charge in [-0.15, -0.1) is 0 Å². The van der Waals surface area contributed by atoms with E-state index in [2.05, 4.69) is 10.6 Å². The standard InChI is InChI=1S/C13H18N2O2/c1-2-3-13(8-14-10-17)15-12-6-4-11(9-16)5-7-12/h3-7,10,15-16H,2,8-9H2,1H3,(H,14,17)/b13-3+. The number of carbonyl (C=O) groups is 1. The average molecular weight is 234 g/mol. The van der Waals surface area contributed by atoms with Crippen LogP contribution in [0.4, 0.5) is 5.69 Å². The zero-order chi connectivity index (χ0) is 12.5. The topological polar surface area (TPSA) is 61.4 Å². The smallest absolute Gasteiger partial charge is 0.207 e. The molecular weight excluding hydrogens is 216 g/mol. The number of benzene rings is 1. The van der Waals surface area contributed by atoms with Gasteiger partial charge in [0.05, 0.1) is 13.2 Å². The van der Waals surface area contributed by atoms with Crippen LogP contribution in [0.2, 0.25) is 0 Å². The Labute approximate surface area is 101 Å². The van der Waals surface area contributed by atoms with Crippen molar-refractivity contribution in [3.8, 4) is 0 Å². The summed E-state index contributed by atoms with van der Waals surface area (Å²) in [4.78, 5) is 10.3. The fourth-order valence-corrected chi connectivity index (χ4v) is 1.44. The van der Waals surface area contributed by atoms with E-state index >= 15 is 0 Å². The molecule has 0 atom stereocenters. The Bertz CT molecular complexity index is 372. The van der Waals surface area contributed by atoms with Gasteiger partial charge in [0.2, 0.25) is 6.41 Å². The molecule has 0 aliphatic heterocycles. The first-order chi connectivity index (χ1) is 8.30. The van der Waals surface area contributed by atoms with Gasteiger partial charge in [-0.1, -0.05) is 25.1 Å². The fraction of sp³-hybridized carbons (Fsp3) is 0.308. The fourth-order valence-electron chi connectivity index (χ4n) is 1.44. The van der Waals surface area contributed by atoms with E-state index in [1.54, 1.807) is 0 Å². The molecule has 0 spiro atoms. The van der Waals surface area contributed by atoms with E-state index in [9.17, 15) is 4.79 Å². The number of aliphatic hydroxyl groups excluding tert-OH is 1. The summed E-state index contributed by atoms with van der Waals surface area (Å²) in [6.45, 7) is 2.57. The third kappa shape index (κ3) is 4.70. The van der Waals surface area contributed by atoms with E-state index in [0.717, 1.165) is 23.4 Å². The normalized spacial score (nSPS) is 11.1. The van der Waals surface area contributed by atoms with Gasteiger partial charge < -0.3 is 15.7 Å². The zero-order valence-corrected chi connectivity index (χ0v) is 9.94. The van der Waals surface area contributed by atoms with Gasteiger partial charge in [0, 0.05) is 11.4 Å². The van der Waals surface area contributed by atoms with Crippen molar-refractivity contribution in [2.45, 2.75) is 20.0 Å². The second-order valence-corrected chi connectivity index (χ2v) is 3.62. The molecule has 4 heteroatoms. The third-order valence-electron chi connectivity index (χ3n) is 2.27. The van der Waals surface area contributed by atoms with Gasteiger partial charge in [-0.05, 0) is 24.1 Å². The van der Waals surface area contributed by atoms with E-state index in [1.165, 1.54) is 0 Å². The maximum Gasteiger partial charge on any atom is 0.207 e. The van der Waals surface area contributed by atoms with Crippen LogP contribution in [0.1, 0.15) is 18.9 Å². The molecule has 92 valence electrons. The second-order valence-electron chi connectivity index (χ2n) is 3.62. The molecule has 3 N–H and O–H groups in total. The highest BCUT2D eigenvalue weighted by Gasteiger charge is 1.98. The molecule has 0 saturated carbocycles. The van der Waals surface area contributed by atoms with Gasteiger partial charge in [-0.25, -0.2) is 0 Å². The summed E-state index contributed by atoms with van der Waals surface area (Å²) < 4.78 is 0. The molecule has 1 aromatic rings. The van der Waals surface area contributed by atoms with Gasteiger partial charge in [0.1, 0.15) is 0 Å². The largest absolute Gasteiger partial charge is 0.392 e. The maximum atomic E-state index is 10.3. The van der Waals surface area contributed by atoms with E-state index in [4.69, 9.17) is 5.11 Å². The Balaban J connectivity index is 2.64. The Hall–Kier alpha value is -1.81. The van der Waals surface area contributed by atoms with E-state index in [1.807, 2.05) is 37.3 Å². The highest BCUT2D eigenvalue weighted by Crippen LogP contribution is 2.12. The van der Waals surface area contributed by atoms with Gasteiger partial charge in [-0.2, -0.15) is 0 Å². The molecule has 1 rings (SSSR count). The highest BCUT2D eigenvalue weighted by molar-refractivity contribution is 5.51. The molecule has 0 bridgehead atoms. The first-order valence-corrected chi connectivity index (χ1v) is 5.63. The van der Waals surface area contributed by atoms with Crippen molar-refractivity contribution in [3.63, 3.8) is 0 Å². The van der Waals surface area contributed by atoms with Crippen molar-refractivity contribution in [1.82, 2.24) is 5.32 Å². The number of aliphatic hydroxyl groups is 1. The highest BCUT2D eigenvalue weighted by atomic mass is 16.3. The minimum absolute atomic E-state index is 0.0463. The quantitative estimate of drug-likeness (QED) is 0.628. The average Bonchev–Trinajstić information content (AvgIpc) is 2.37. The molecule has 17 heavy (non-hydrogen) atoms. The number of allylic oxidation sites excluding steroid dienone is 1. The molecule has 0 saturated heterocycles. The SMILES string of the molecule is CC/C=C(\CNC=O)Nc1ccc(CO)cc1. The van der Waals surface area contributed by atoms with Crippen LogP contribution in [-0.4, -0.2) is 18.1 Å². The van der Waals surface area contributed by atoms with Crippen molar-refractivity contribution >= 4 is 12.1 Å². The van der Waals surface area contributed by atoms with Crippen LogP contribution < -0.4 is 10.6 Å². The molecule has 1 amide bonds. The van der Waals surface area contributed by atoms with Crippen LogP contribution in [0.3, 0.4) is 0 Å². The summed E-state index contributed by atoms with van der Waals surface area (Å²) in [5, 5.41) is 14.8. The molecule has 0 fully saturated rings.